The van der Waals surface area contributed by atoms with Gasteiger partial charge in [0.2, 0.25) is 17.7 Å². The average molecular weight is 768 g/mol. The second-order valence-electron chi connectivity index (χ2n) is 15.9. The lowest BCUT2D eigenvalue weighted by Gasteiger charge is -2.39. The topological polar surface area (TPSA) is 176 Å². The van der Waals surface area contributed by atoms with E-state index in [1.165, 1.54) is 0 Å². The Morgan fingerprint density at radius 3 is 2.46 bits per heavy atom. The predicted octanol–water partition coefficient (Wildman–Crippen LogP) is 5.19. The van der Waals surface area contributed by atoms with Crippen LogP contribution in [0.4, 0.5) is 11.4 Å². The van der Waals surface area contributed by atoms with E-state index in [0.29, 0.717) is 56.0 Å². The molecule has 2 saturated heterocycles. The standard InChI is InChI=1S/C44H45N7O6/c1-4-26-22-29-30(44(2,3)40-38(39(29)54)27-13-12-25(24-45)21-32(27)47-40)23-34(26)49-17-19-50(20-18-49)36(53)11-6-5-7-16-46-31-10-8-9-28-37(31)43(57)51(42(28)56)33-14-15-35(52)48-41(33)55/h8-10,12-13,21-23,33,46-47H,4-7,11,14-20H2,1-3H3,(H,48,52,55). The third-order valence-electron chi connectivity index (χ3n) is 12.1. The number of aromatic amines is 1. The van der Waals surface area contributed by atoms with Crippen LogP contribution in [-0.2, 0) is 26.2 Å². The summed E-state index contributed by atoms with van der Waals surface area (Å²) in [4.78, 5) is 86.6. The number of nitrogens with zero attached hydrogens (tertiary/aromatic N) is 4. The fourth-order valence-corrected chi connectivity index (χ4v) is 8.97. The average Bonchev–Trinajstić information content (AvgIpc) is 3.73. The lowest BCUT2D eigenvalue weighted by molar-refractivity contribution is -0.136. The normalized spacial score (nSPS) is 18.7. The number of carbonyl (C=O) groups is 6. The third-order valence-corrected chi connectivity index (χ3v) is 12.1. The van der Waals surface area contributed by atoms with Crippen LogP contribution in [0.5, 0.6) is 0 Å². The predicted molar refractivity (Wildman–Crippen MR) is 213 cm³/mol. The highest BCUT2D eigenvalue weighted by molar-refractivity contribution is 6.25. The number of aromatic nitrogens is 1. The molecular formula is C44H45N7O6. The van der Waals surface area contributed by atoms with Crippen LogP contribution < -0.4 is 15.5 Å². The van der Waals surface area contributed by atoms with Gasteiger partial charge >= 0.3 is 0 Å². The molecule has 4 heterocycles. The Morgan fingerprint density at radius 2 is 1.72 bits per heavy atom. The van der Waals surface area contributed by atoms with E-state index < -0.39 is 35.1 Å². The Labute approximate surface area is 330 Å². The van der Waals surface area contributed by atoms with E-state index >= 15 is 0 Å². The summed E-state index contributed by atoms with van der Waals surface area (Å²) in [5, 5.41) is 15.8. The largest absolute Gasteiger partial charge is 0.384 e. The maximum atomic E-state index is 14.1. The van der Waals surface area contributed by atoms with Crippen molar-refractivity contribution in [3.05, 3.63) is 93.2 Å². The number of nitrogens with one attached hydrogen (secondary N) is 3. The van der Waals surface area contributed by atoms with E-state index in [1.807, 2.05) is 11.0 Å². The number of anilines is 2. The maximum absolute atomic E-state index is 14.1. The minimum absolute atomic E-state index is 0.00346. The van der Waals surface area contributed by atoms with Gasteiger partial charge in [-0.3, -0.25) is 39.0 Å². The van der Waals surface area contributed by atoms with Gasteiger partial charge in [-0.15, -0.1) is 0 Å². The second-order valence-corrected chi connectivity index (χ2v) is 15.9. The van der Waals surface area contributed by atoms with Crippen molar-refractivity contribution in [1.82, 2.24) is 20.1 Å². The first kappa shape index (κ1) is 37.6. The first-order valence-electron chi connectivity index (χ1n) is 19.8. The van der Waals surface area contributed by atoms with Gasteiger partial charge in [-0.2, -0.15) is 5.26 Å². The lowest BCUT2D eigenvalue weighted by Crippen LogP contribution is -2.54. The number of aryl methyl sites for hydroxylation is 1. The van der Waals surface area contributed by atoms with Gasteiger partial charge in [0, 0.05) is 84.5 Å². The fourth-order valence-electron chi connectivity index (χ4n) is 8.97. The van der Waals surface area contributed by atoms with E-state index in [4.69, 9.17) is 0 Å². The van der Waals surface area contributed by atoms with Gasteiger partial charge in [0.25, 0.3) is 11.8 Å². The van der Waals surface area contributed by atoms with E-state index in [2.05, 4.69) is 59.5 Å². The second kappa shape index (κ2) is 14.7. The summed E-state index contributed by atoms with van der Waals surface area (Å²) in [6, 6.07) is 15.8. The number of imide groups is 2. The number of unbranched alkanes of at least 4 members (excludes halogenated alkanes) is 2. The molecule has 4 aromatic rings. The first-order valence-corrected chi connectivity index (χ1v) is 19.8. The summed E-state index contributed by atoms with van der Waals surface area (Å²) in [5.41, 5.74) is 7.27. The zero-order chi connectivity index (χ0) is 40.2. The maximum Gasteiger partial charge on any atom is 0.264 e. The Morgan fingerprint density at radius 1 is 0.930 bits per heavy atom. The monoisotopic (exact) mass is 767 g/mol. The van der Waals surface area contributed by atoms with Crippen LogP contribution in [0.3, 0.4) is 0 Å². The molecule has 8 rings (SSSR count). The molecule has 3 N–H and O–H groups in total. The van der Waals surface area contributed by atoms with Crippen LogP contribution in [0.25, 0.3) is 10.9 Å². The molecule has 57 heavy (non-hydrogen) atoms. The zero-order valence-corrected chi connectivity index (χ0v) is 32.4. The van der Waals surface area contributed by atoms with E-state index in [-0.39, 0.29) is 35.7 Å². The summed E-state index contributed by atoms with van der Waals surface area (Å²) in [6.45, 7) is 9.50. The van der Waals surface area contributed by atoms with E-state index in [9.17, 15) is 34.0 Å². The summed E-state index contributed by atoms with van der Waals surface area (Å²) in [7, 11) is 0. The van der Waals surface area contributed by atoms with Crippen LogP contribution in [0, 0.1) is 11.3 Å². The molecule has 4 aliphatic rings. The van der Waals surface area contributed by atoms with Gasteiger partial charge in [-0.25, -0.2) is 0 Å². The van der Waals surface area contributed by atoms with Crippen molar-refractivity contribution in [1.29, 1.82) is 5.26 Å². The smallest absolute Gasteiger partial charge is 0.264 e. The fraction of sp³-hybridized carbons (Fsp3) is 0.386. The van der Waals surface area contributed by atoms with Crippen LogP contribution >= 0.6 is 0 Å². The van der Waals surface area contributed by atoms with Crippen molar-refractivity contribution >= 4 is 57.6 Å². The molecule has 292 valence electrons. The van der Waals surface area contributed by atoms with E-state index in [0.717, 1.165) is 69.6 Å². The quantitative estimate of drug-likeness (QED) is 0.145. The number of hydrogen-bond donors (Lipinski definition) is 3. The highest BCUT2D eigenvalue weighted by atomic mass is 16.2. The molecule has 0 spiro atoms. The van der Waals surface area contributed by atoms with Gasteiger partial charge in [-0.05, 0) is 73.2 Å². The van der Waals surface area contributed by atoms with Crippen molar-refractivity contribution in [2.75, 3.05) is 42.9 Å². The molecule has 5 amide bonds. The van der Waals surface area contributed by atoms with Crippen LogP contribution in [0.15, 0.2) is 48.5 Å². The minimum atomic E-state index is -1.02. The highest BCUT2D eigenvalue weighted by Gasteiger charge is 2.46. The Bertz CT molecular complexity index is 2430. The summed E-state index contributed by atoms with van der Waals surface area (Å²) in [6.07, 6.45) is 3.63. The molecule has 1 aromatic heterocycles. The number of rotatable bonds is 10. The molecule has 3 aliphatic heterocycles. The number of ketones is 1. The molecule has 1 atom stereocenters. The van der Waals surface area contributed by atoms with Crippen molar-refractivity contribution in [2.24, 2.45) is 0 Å². The minimum Gasteiger partial charge on any atom is -0.384 e. The molecule has 1 unspecified atom stereocenters. The van der Waals surface area contributed by atoms with Gasteiger partial charge < -0.3 is 20.1 Å². The van der Waals surface area contributed by atoms with Crippen molar-refractivity contribution in [2.45, 2.75) is 77.2 Å². The number of piperazine rings is 1. The van der Waals surface area contributed by atoms with Crippen molar-refractivity contribution < 1.29 is 28.8 Å². The molecule has 13 nitrogen and oxygen atoms in total. The molecule has 2 fully saturated rings. The van der Waals surface area contributed by atoms with Gasteiger partial charge in [0.15, 0.2) is 5.78 Å². The van der Waals surface area contributed by atoms with Crippen molar-refractivity contribution in [3.63, 3.8) is 0 Å². The molecule has 13 heteroatoms. The Hall–Kier alpha value is -6.29. The molecular weight excluding hydrogens is 723 g/mol. The van der Waals surface area contributed by atoms with E-state index in [1.54, 1.807) is 30.3 Å². The third kappa shape index (κ3) is 6.42. The number of hydrogen-bond acceptors (Lipinski definition) is 9. The molecule has 1 aliphatic carbocycles. The van der Waals surface area contributed by atoms with Crippen LogP contribution in [0.1, 0.15) is 118 Å². The number of carbonyl (C=O) groups excluding carboxylic acids is 6. The summed E-state index contributed by atoms with van der Waals surface area (Å²) >= 11 is 0. The number of fused-ring (bicyclic) bond motifs is 5. The summed E-state index contributed by atoms with van der Waals surface area (Å²) in [5.74, 6) is -2.02. The number of amides is 5. The Balaban J connectivity index is 0.844. The SMILES string of the molecule is CCc1cc2c(cc1N1CCN(C(=O)CCCCCNc3cccc4c3C(=O)N(C3CCC(=O)NC3=O)C4=O)CC1)C(C)(C)c1[nH]c3cc(C#N)ccc3c1C2=O. The molecule has 0 radical (unpaired) electrons. The van der Waals surface area contributed by atoms with Crippen LogP contribution in [0.2, 0.25) is 0 Å². The number of H-pyrrole nitrogens is 1. The van der Waals surface area contributed by atoms with Gasteiger partial charge in [-0.1, -0.05) is 39.3 Å². The summed E-state index contributed by atoms with van der Waals surface area (Å²) < 4.78 is 0. The van der Waals surface area contributed by atoms with Crippen molar-refractivity contribution in [3.8, 4) is 6.07 Å². The molecule has 3 aromatic carbocycles. The lowest BCUT2D eigenvalue weighted by atomic mass is 9.70. The van der Waals surface area contributed by atoms with Gasteiger partial charge in [0.1, 0.15) is 6.04 Å². The number of benzene rings is 3. The van der Waals surface area contributed by atoms with Crippen LogP contribution in [-0.4, -0.2) is 88.9 Å². The first-order chi connectivity index (χ1) is 27.4. The molecule has 0 saturated carbocycles. The Kier molecular flexibility index (Phi) is 9.67. The number of piperidine rings is 1. The number of nitriles is 1. The zero-order valence-electron chi connectivity index (χ0n) is 32.4. The molecule has 0 bridgehead atoms. The highest BCUT2D eigenvalue weighted by Crippen LogP contribution is 2.46. The van der Waals surface area contributed by atoms with Gasteiger partial charge in [0.05, 0.1) is 28.3 Å².